The van der Waals surface area contributed by atoms with Crippen molar-refractivity contribution >= 4 is 17.0 Å². The van der Waals surface area contributed by atoms with Crippen LogP contribution in [-0.2, 0) is 24.3 Å². The SMILES string of the molecule is Cc1ccc(COc2cccc(-c3cc(F)c(Cc4nc5c(F)cc(C(=O)O)cc5n4CC45CC(CO4)C5)cc3F)n2)c(F)c1. The minimum Gasteiger partial charge on any atom is -0.478 e. The number of rotatable bonds is 9. The van der Waals surface area contributed by atoms with Crippen molar-refractivity contribution in [3.63, 3.8) is 0 Å². The second-order valence-electron chi connectivity index (χ2n) is 11.9. The topological polar surface area (TPSA) is 86.5 Å². The second kappa shape index (κ2) is 11.0. The van der Waals surface area contributed by atoms with Crippen LogP contribution in [0.25, 0.3) is 22.3 Å². The van der Waals surface area contributed by atoms with Gasteiger partial charge in [-0.1, -0.05) is 18.2 Å². The summed E-state index contributed by atoms with van der Waals surface area (Å²) in [6.45, 7) is 2.57. The molecule has 0 amide bonds. The van der Waals surface area contributed by atoms with E-state index in [4.69, 9.17) is 9.47 Å². The lowest BCUT2D eigenvalue weighted by Gasteiger charge is -2.36. The number of halogens is 4. The summed E-state index contributed by atoms with van der Waals surface area (Å²) < 4.78 is 73.6. The molecule has 2 aliphatic heterocycles. The molecular weight excluding hydrogens is 590 g/mol. The number of hydrogen-bond acceptors (Lipinski definition) is 5. The molecular formula is C34H27F4N3O4. The Balaban J connectivity index is 1.19. The summed E-state index contributed by atoms with van der Waals surface area (Å²) in [7, 11) is 0. The predicted octanol–water partition coefficient (Wildman–Crippen LogP) is 7.01. The van der Waals surface area contributed by atoms with E-state index in [0.29, 0.717) is 18.1 Å². The Kier molecular flexibility index (Phi) is 7.07. The minimum atomic E-state index is -1.29. The number of aromatic carboxylic acids is 1. The average Bonchev–Trinajstić information content (AvgIpc) is 3.68. The van der Waals surface area contributed by atoms with Crippen molar-refractivity contribution in [1.29, 1.82) is 0 Å². The van der Waals surface area contributed by atoms with E-state index in [1.807, 2.05) is 0 Å². The Bertz CT molecular complexity index is 1980. The van der Waals surface area contributed by atoms with Gasteiger partial charge in [-0.05, 0) is 73.2 Å². The highest BCUT2D eigenvalue weighted by molar-refractivity contribution is 5.92. The van der Waals surface area contributed by atoms with Crippen LogP contribution in [0.15, 0.2) is 60.7 Å². The number of carbonyl (C=O) groups is 1. The monoisotopic (exact) mass is 617 g/mol. The maximum Gasteiger partial charge on any atom is 0.335 e. The highest BCUT2D eigenvalue weighted by atomic mass is 19.1. The molecule has 3 aliphatic rings. The molecule has 7 nitrogen and oxygen atoms in total. The molecule has 0 atom stereocenters. The van der Waals surface area contributed by atoms with E-state index in [2.05, 4.69) is 9.97 Å². The van der Waals surface area contributed by atoms with Crippen molar-refractivity contribution in [1.82, 2.24) is 14.5 Å². The number of pyridine rings is 1. The van der Waals surface area contributed by atoms with Crippen LogP contribution in [0, 0.1) is 36.1 Å². The Morgan fingerprint density at radius 2 is 1.78 bits per heavy atom. The van der Waals surface area contributed by atoms with Crippen molar-refractivity contribution in [2.45, 2.75) is 44.9 Å². The molecule has 0 spiro atoms. The molecule has 2 saturated heterocycles. The summed E-state index contributed by atoms with van der Waals surface area (Å²) in [6.07, 6.45) is 1.43. The van der Waals surface area contributed by atoms with E-state index in [1.165, 1.54) is 24.3 Å². The number of imidazole rings is 1. The van der Waals surface area contributed by atoms with Crippen molar-refractivity contribution in [3.8, 4) is 17.1 Å². The highest BCUT2D eigenvalue weighted by Gasteiger charge is 2.52. The number of nitrogens with zero attached hydrogens (tertiary/aromatic N) is 3. The van der Waals surface area contributed by atoms with Gasteiger partial charge in [0.1, 0.15) is 35.4 Å². The minimum absolute atomic E-state index is 0.0229. The van der Waals surface area contributed by atoms with Crippen LogP contribution in [0.2, 0.25) is 0 Å². The third-order valence-electron chi connectivity index (χ3n) is 8.59. The number of fused-ring (bicyclic) bond motifs is 2. The number of carboxylic acid groups (broad SMARTS) is 1. The fourth-order valence-electron chi connectivity index (χ4n) is 6.31. The lowest BCUT2D eigenvalue weighted by Crippen LogP contribution is -2.41. The molecule has 230 valence electrons. The molecule has 11 heteroatoms. The fourth-order valence-corrected chi connectivity index (χ4v) is 6.31. The van der Waals surface area contributed by atoms with Gasteiger partial charge >= 0.3 is 5.97 Å². The highest BCUT2D eigenvalue weighted by Crippen LogP contribution is 2.49. The molecule has 2 bridgehead atoms. The summed E-state index contributed by atoms with van der Waals surface area (Å²) >= 11 is 0. The number of aromatic nitrogens is 3. The van der Waals surface area contributed by atoms with Gasteiger partial charge in [0.15, 0.2) is 5.82 Å². The number of benzene rings is 3. The van der Waals surface area contributed by atoms with Crippen LogP contribution < -0.4 is 4.74 Å². The van der Waals surface area contributed by atoms with Crippen molar-refractivity contribution in [3.05, 3.63) is 112 Å². The third kappa shape index (κ3) is 5.41. The Morgan fingerprint density at radius 3 is 2.51 bits per heavy atom. The fraction of sp³-hybridized carbons (Fsp3) is 0.265. The van der Waals surface area contributed by atoms with Crippen LogP contribution in [0.4, 0.5) is 17.6 Å². The zero-order valence-electron chi connectivity index (χ0n) is 24.1. The average molecular weight is 618 g/mol. The molecule has 0 radical (unpaired) electrons. The molecule has 8 rings (SSSR count). The van der Waals surface area contributed by atoms with Crippen molar-refractivity contribution in [2.24, 2.45) is 5.92 Å². The van der Waals surface area contributed by atoms with Gasteiger partial charge in [0.25, 0.3) is 0 Å². The summed E-state index contributed by atoms with van der Waals surface area (Å²) in [6, 6.07) is 13.7. The summed E-state index contributed by atoms with van der Waals surface area (Å²) in [5, 5.41) is 9.51. The Morgan fingerprint density at radius 1 is 0.978 bits per heavy atom. The van der Waals surface area contributed by atoms with Crippen LogP contribution in [0.3, 0.4) is 0 Å². The van der Waals surface area contributed by atoms with Crippen molar-refractivity contribution in [2.75, 3.05) is 6.61 Å². The first-order chi connectivity index (χ1) is 21.6. The quantitative estimate of drug-likeness (QED) is 0.179. The number of ether oxygens (including phenoxy) is 2. The summed E-state index contributed by atoms with van der Waals surface area (Å²) in [5.41, 5.74) is 0.562. The van der Waals surface area contributed by atoms with Gasteiger partial charge in [-0.3, -0.25) is 0 Å². The van der Waals surface area contributed by atoms with E-state index in [-0.39, 0.29) is 64.7 Å². The molecule has 2 aromatic heterocycles. The van der Waals surface area contributed by atoms with E-state index in [0.717, 1.165) is 36.6 Å². The van der Waals surface area contributed by atoms with Gasteiger partial charge in [-0.25, -0.2) is 32.3 Å². The maximum atomic E-state index is 15.6. The Labute approximate surface area is 255 Å². The standard InChI is InChI=1S/C34H27F4N3O4/c1-18-5-6-20(24(35)7-18)16-44-31-4-2-3-28(39-31)23-12-25(36)21(8-26(23)37)11-30-40-32-27(38)9-22(33(42)43)10-29(32)41(30)17-34-13-19(14-34)15-45-34/h2-10,12,19H,11,13-17H2,1H3,(H,42,43). The molecule has 0 unspecified atom stereocenters. The van der Waals surface area contributed by atoms with E-state index in [1.54, 1.807) is 29.7 Å². The number of aryl methyl sites for hydroxylation is 1. The smallest absolute Gasteiger partial charge is 0.335 e. The zero-order chi connectivity index (χ0) is 31.5. The lowest BCUT2D eigenvalue weighted by molar-refractivity contribution is -0.0132. The maximum absolute atomic E-state index is 15.6. The van der Waals surface area contributed by atoms with Crippen LogP contribution >= 0.6 is 0 Å². The first kappa shape index (κ1) is 29.0. The van der Waals surface area contributed by atoms with Crippen LogP contribution in [0.5, 0.6) is 5.88 Å². The zero-order valence-corrected chi connectivity index (χ0v) is 24.1. The van der Waals surface area contributed by atoms with Crippen LogP contribution in [0.1, 0.15) is 45.7 Å². The molecule has 1 aliphatic carbocycles. The van der Waals surface area contributed by atoms with E-state index in [9.17, 15) is 14.3 Å². The summed E-state index contributed by atoms with van der Waals surface area (Å²) in [4.78, 5) is 20.4. The molecule has 1 N–H and O–H groups in total. The van der Waals surface area contributed by atoms with Crippen LogP contribution in [-0.4, -0.2) is 37.8 Å². The van der Waals surface area contributed by atoms with Gasteiger partial charge in [-0.2, -0.15) is 0 Å². The predicted molar refractivity (Wildman–Crippen MR) is 156 cm³/mol. The normalized spacial score (nSPS) is 18.7. The van der Waals surface area contributed by atoms with Gasteiger partial charge in [0.05, 0.1) is 35.5 Å². The molecule has 3 aromatic carbocycles. The third-order valence-corrected chi connectivity index (χ3v) is 8.59. The van der Waals surface area contributed by atoms with Crippen molar-refractivity contribution < 1.29 is 36.9 Å². The Hall–Kier alpha value is -4.77. The molecule has 5 aromatic rings. The molecule has 1 saturated carbocycles. The molecule has 3 fully saturated rings. The number of hydrogen-bond donors (Lipinski definition) is 1. The van der Waals surface area contributed by atoms with Gasteiger partial charge < -0.3 is 19.1 Å². The largest absolute Gasteiger partial charge is 0.478 e. The van der Waals surface area contributed by atoms with E-state index < -0.39 is 34.8 Å². The lowest BCUT2D eigenvalue weighted by atomic mass is 9.74. The first-order valence-electron chi connectivity index (χ1n) is 14.5. The molecule has 45 heavy (non-hydrogen) atoms. The van der Waals surface area contributed by atoms with Gasteiger partial charge in [-0.15, -0.1) is 0 Å². The number of carboxylic acids is 1. The first-order valence-corrected chi connectivity index (χ1v) is 14.5. The molecule has 4 heterocycles. The van der Waals surface area contributed by atoms with Gasteiger partial charge in [0.2, 0.25) is 5.88 Å². The van der Waals surface area contributed by atoms with E-state index >= 15 is 13.2 Å². The van der Waals surface area contributed by atoms with Gasteiger partial charge in [0, 0.05) is 23.6 Å². The summed E-state index contributed by atoms with van der Waals surface area (Å²) in [5.74, 6) is -3.20. The second-order valence-corrected chi connectivity index (χ2v) is 11.9.